The average Bonchev–Trinajstić information content (AvgIpc) is 3.10. The molecule has 2 N–H and O–H groups in total. The van der Waals surface area contributed by atoms with Crippen LogP contribution in [-0.4, -0.2) is 58.3 Å². The fourth-order valence-electron chi connectivity index (χ4n) is 4.22. The molecule has 3 aromatic rings. The molecule has 8 heteroatoms. The SMILES string of the molecule is C=C/C(=C\C=C1/CCCN(C)CC1)Nc1ncc(C=C)c(Nc2ccc3nccnc3c2P(C)C)n1. The third kappa shape index (κ3) is 6.23. The molecule has 0 bridgehead atoms. The van der Waals surface area contributed by atoms with Gasteiger partial charge >= 0.3 is 0 Å². The summed E-state index contributed by atoms with van der Waals surface area (Å²) in [6.45, 7) is 14.6. The van der Waals surface area contributed by atoms with Crippen molar-refractivity contribution >= 4 is 47.8 Å². The molecule has 186 valence electrons. The summed E-state index contributed by atoms with van der Waals surface area (Å²) < 4.78 is 0. The highest BCUT2D eigenvalue weighted by Crippen LogP contribution is 2.33. The van der Waals surface area contributed by atoms with E-state index in [2.05, 4.69) is 76.2 Å². The van der Waals surface area contributed by atoms with Crippen molar-refractivity contribution in [3.8, 4) is 0 Å². The summed E-state index contributed by atoms with van der Waals surface area (Å²) in [5.41, 5.74) is 5.89. The molecule has 0 aliphatic carbocycles. The lowest BCUT2D eigenvalue weighted by Gasteiger charge is -2.18. The van der Waals surface area contributed by atoms with Gasteiger partial charge in [-0.3, -0.25) is 9.97 Å². The lowest BCUT2D eigenvalue weighted by Crippen LogP contribution is -2.18. The summed E-state index contributed by atoms with van der Waals surface area (Å²) in [7, 11) is 1.73. The summed E-state index contributed by atoms with van der Waals surface area (Å²) in [6, 6.07) is 4.03. The highest BCUT2D eigenvalue weighted by atomic mass is 31.1. The van der Waals surface area contributed by atoms with Crippen LogP contribution in [0.1, 0.15) is 24.8 Å². The molecular weight excluding hydrogens is 465 g/mol. The van der Waals surface area contributed by atoms with E-state index in [4.69, 9.17) is 4.98 Å². The van der Waals surface area contributed by atoms with Gasteiger partial charge in [-0.15, -0.1) is 0 Å². The number of anilines is 3. The third-order valence-corrected chi connectivity index (χ3v) is 7.53. The molecule has 0 unspecified atom stereocenters. The summed E-state index contributed by atoms with van der Waals surface area (Å²) in [6.07, 6.45) is 16.4. The van der Waals surface area contributed by atoms with Crippen LogP contribution in [0.15, 0.2) is 73.4 Å². The lowest BCUT2D eigenvalue weighted by molar-refractivity contribution is 0.351. The standard InChI is InChI=1S/C28H34N7P/c1-6-21-19-31-28(32-22(7-2)11-10-20-9-8-17-35(3)18-14-20)34-27(21)33-24-13-12-23-25(26(24)36(4)5)30-16-15-29-23/h6-7,10-13,15-16,19H,1-2,8-9,14,17-18H2,3-5H3,(H2,31,32,33,34)/b20-10+,22-11+. The molecule has 1 aromatic carbocycles. The normalized spacial score (nSPS) is 16.2. The van der Waals surface area contributed by atoms with Crippen molar-refractivity contribution in [3.05, 3.63) is 78.9 Å². The molecule has 7 nitrogen and oxygen atoms in total. The molecule has 1 saturated heterocycles. The number of benzene rings is 1. The number of rotatable bonds is 8. The van der Waals surface area contributed by atoms with Gasteiger partial charge in [0.05, 0.1) is 11.0 Å². The van der Waals surface area contributed by atoms with Crippen molar-refractivity contribution in [2.75, 3.05) is 44.1 Å². The number of nitrogens with one attached hydrogen (secondary N) is 2. The Balaban J connectivity index is 1.61. The summed E-state index contributed by atoms with van der Waals surface area (Å²) >= 11 is 0. The Morgan fingerprint density at radius 2 is 1.92 bits per heavy atom. The second-order valence-corrected chi connectivity index (χ2v) is 11.3. The molecule has 3 heterocycles. The van der Waals surface area contributed by atoms with Gasteiger partial charge < -0.3 is 15.5 Å². The summed E-state index contributed by atoms with van der Waals surface area (Å²) in [5.74, 6) is 1.17. The molecular formula is C28H34N7P. The topological polar surface area (TPSA) is 78.9 Å². The molecule has 36 heavy (non-hydrogen) atoms. The van der Waals surface area contributed by atoms with Gasteiger partial charge in [0, 0.05) is 47.4 Å². The van der Waals surface area contributed by atoms with E-state index in [1.165, 1.54) is 12.0 Å². The first-order valence-corrected chi connectivity index (χ1v) is 14.4. The van der Waals surface area contributed by atoms with Crippen molar-refractivity contribution in [2.24, 2.45) is 0 Å². The molecule has 0 saturated carbocycles. The number of nitrogens with zero attached hydrogens (tertiary/aromatic N) is 5. The van der Waals surface area contributed by atoms with Gasteiger partial charge in [0.2, 0.25) is 5.95 Å². The summed E-state index contributed by atoms with van der Waals surface area (Å²) in [5, 5.41) is 7.98. The first kappa shape index (κ1) is 25.7. The van der Waals surface area contributed by atoms with E-state index in [0.717, 1.165) is 59.2 Å². The van der Waals surface area contributed by atoms with Gasteiger partial charge in [0.1, 0.15) is 5.82 Å². The maximum absolute atomic E-state index is 4.78. The first-order valence-electron chi connectivity index (χ1n) is 12.1. The zero-order chi connectivity index (χ0) is 25.5. The molecule has 0 atom stereocenters. The number of likely N-dealkylation sites (tertiary alicyclic amines) is 1. The maximum atomic E-state index is 4.78. The number of fused-ring (bicyclic) bond motifs is 1. The monoisotopic (exact) mass is 499 g/mol. The number of hydrogen-bond donors (Lipinski definition) is 2. The van der Waals surface area contributed by atoms with Gasteiger partial charge in [0.15, 0.2) is 0 Å². The van der Waals surface area contributed by atoms with Gasteiger partial charge in [-0.2, -0.15) is 4.98 Å². The Morgan fingerprint density at radius 1 is 1.08 bits per heavy atom. The Morgan fingerprint density at radius 3 is 2.69 bits per heavy atom. The predicted molar refractivity (Wildman–Crippen MR) is 155 cm³/mol. The van der Waals surface area contributed by atoms with Crippen molar-refractivity contribution in [2.45, 2.75) is 19.3 Å². The van der Waals surface area contributed by atoms with E-state index in [-0.39, 0.29) is 0 Å². The van der Waals surface area contributed by atoms with E-state index in [1.54, 1.807) is 30.7 Å². The zero-order valence-electron chi connectivity index (χ0n) is 21.3. The van der Waals surface area contributed by atoms with Crippen LogP contribution in [0.4, 0.5) is 17.5 Å². The molecule has 0 spiro atoms. The molecule has 1 aliphatic rings. The van der Waals surface area contributed by atoms with E-state index >= 15 is 0 Å². The van der Waals surface area contributed by atoms with Crippen molar-refractivity contribution in [3.63, 3.8) is 0 Å². The Bertz CT molecular complexity index is 1310. The van der Waals surface area contributed by atoms with Gasteiger partial charge in [0.25, 0.3) is 0 Å². The van der Waals surface area contributed by atoms with E-state index < -0.39 is 7.92 Å². The van der Waals surface area contributed by atoms with Gasteiger partial charge in [-0.1, -0.05) is 38.8 Å². The third-order valence-electron chi connectivity index (χ3n) is 6.18. The molecule has 2 aromatic heterocycles. The molecule has 0 amide bonds. The van der Waals surface area contributed by atoms with Crippen molar-refractivity contribution < 1.29 is 0 Å². The maximum Gasteiger partial charge on any atom is 0.229 e. The Hall–Kier alpha value is -3.41. The van der Waals surface area contributed by atoms with E-state index in [9.17, 15) is 0 Å². The van der Waals surface area contributed by atoms with E-state index in [1.807, 2.05) is 12.1 Å². The van der Waals surface area contributed by atoms with Crippen LogP contribution >= 0.6 is 7.92 Å². The minimum absolute atomic E-state index is 0.448. The highest BCUT2D eigenvalue weighted by Gasteiger charge is 2.15. The van der Waals surface area contributed by atoms with Crippen LogP contribution in [0.25, 0.3) is 17.1 Å². The smallest absolute Gasteiger partial charge is 0.229 e. The number of allylic oxidation sites excluding steroid dienone is 3. The fraction of sp³-hybridized carbons (Fsp3) is 0.286. The van der Waals surface area contributed by atoms with Crippen LogP contribution in [-0.2, 0) is 0 Å². The van der Waals surface area contributed by atoms with E-state index in [0.29, 0.717) is 11.8 Å². The Kier molecular flexibility index (Phi) is 8.57. The van der Waals surface area contributed by atoms with Crippen LogP contribution in [0.5, 0.6) is 0 Å². The Labute approximate surface area is 214 Å². The molecule has 1 fully saturated rings. The highest BCUT2D eigenvalue weighted by molar-refractivity contribution is 7.65. The lowest BCUT2D eigenvalue weighted by atomic mass is 10.1. The molecule has 1 aliphatic heterocycles. The largest absolute Gasteiger partial charge is 0.339 e. The first-order chi connectivity index (χ1) is 17.5. The number of hydrogen-bond acceptors (Lipinski definition) is 7. The molecule has 0 radical (unpaired) electrons. The van der Waals surface area contributed by atoms with Crippen LogP contribution in [0.3, 0.4) is 0 Å². The molecule has 4 rings (SSSR count). The van der Waals surface area contributed by atoms with Crippen LogP contribution in [0, 0.1) is 0 Å². The minimum Gasteiger partial charge on any atom is -0.339 e. The quantitative estimate of drug-likeness (QED) is 0.304. The summed E-state index contributed by atoms with van der Waals surface area (Å²) in [4.78, 5) is 20.7. The second kappa shape index (κ2) is 12.0. The van der Waals surface area contributed by atoms with Crippen molar-refractivity contribution in [1.82, 2.24) is 24.8 Å². The van der Waals surface area contributed by atoms with Crippen molar-refractivity contribution in [1.29, 1.82) is 0 Å². The van der Waals surface area contributed by atoms with Gasteiger partial charge in [-0.25, -0.2) is 4.98 Å². The average molecular weight is 500 g/mol. The van der Waals surface area contributed by atoms with Gasteiger partial charge in [-0.05, 0) is 70.5 Å². The fourth-order valence-corrected chi connectivity index (χ4v) is 5.42. The van der Waals surface area contributed by atoms with Crippen LogP contribution < -0.4 is 15.9 Å². The predicted octanol–water partition coefficient (Wildman–Crippen LogP) is 5.70. The number of aromatic nitrogens is 4. The van der Waals surface area contributed by atoms with Crippen LogP contribution in [0.2, 0.25) is 0 Å². The second-order valence-electron chi connectivity index (χ2n) is 9.04. The zero-order valence-corrected chi connectivity index (χ0v) is 22.2. The minimum atomic E-state index is -0.448.